The van der Waals surface area contributed by atoms with Crippen LogP contribution in [0.3, 0.4) is 0 Å². The largest absolute Gasteiger partial charge is 0.384 e. The Morgan fingerprint density at radius 1 is 0.857 bits per heavy atom. The molecule has 0 aliphatic rings. The molecule has 2 rings (SSSR count). The van der Waals surface area contributed by atoms with E-state index in [-0.39, 0.29) is 0 Å². The van der Waals surface area contributed by atoms with Gasteiger partial charge in [-0.05, 0) is 12.1 Å². The van der Waals surface area contributed by atoms with Crippen LogP contribution < -0.4 is 11.5 Å². The monoisotopic (exact) mass is 189 g/mol. The lowest BCUT2D eigenvalue weighted by Gasteiger charge is -1.82. The minimum atomic E-state index is 0.461. The number of anilines is 2. The molecule has 72 valence electrons. The number of nitrogens with zero attached hydrogens (tertiary/aromatic N) is 3. The van der Waals surface area contributed by atoms with Crippen molar-refractivity contribution >= 4 is 11.6 Å². The lowest BCUT2D eigenvalue weighted by molar-refractivity contribution is 1.21. The van der Waals surface area contributed by atoms with Gasteiger partial charge >= 0.3 is 0 Å². The lowest BCUT2D eigenvalue weighted by Crippen LogP contribution is -1.87. The van der Waals surface area contributed by atoms with Gasteiger partial charge in [-0.2, -0.15) is 0 Å². The Morgan fingerprint density at radius 2 is 1.64 bits per heavy atom. The smallest absolute Gasteiger partial charge is 0.141 e. The van der Waals surface area contributed by atoms with Crippen LogP contribution in [0.15, 0.2) is 43.0 Å². The van der Waals surface area contributed by atoms with Gasteiger partial charge in [-0.25, -0.2) is 9.97 Å². The Labute approximate surface area is 81.8 Å². The van der Waals surface area contributed by atoms with Crippen LogP contribution in [-0.2, 0) is 0 Å². The van der Waals surface area contributed by atoms with Crippen LogP contribution in [0.1, 0.15) is 0 Å². The van der Waals surface area contributed by atoms with E-state index in [4.69, 9.17) is 11.5 Å². The number of rotatable bonds is 0. The van der Waals surface area contributed by atoms with E-state index in [0.717, 1.165) is 0 Å². The van der Waals surface area contributed by atoms with E-state index < -0.39 is 0 Å². The molecule has 0 amide bonds. The highest BCUT2D eigenvalue weighted by Crippen LogP contribution is 1.89. The molecule has 5 nitrogen and oxygen atoms in total. The third-order valence-electron chi connectivity index (χ3n) is 1.27. The lowest BCUT2D eigenvalue weighted by atomic mass is 10.5. The predicted molar refractivity (Wildman–Crippen MR) is 55.1 cm³/mol. The van der Waals surface area contributed by atoms with Gasteiger partial charge in [-0.15, -0.1) is 0 Å². The van der Waals surface area contributed by atoms with Crippen molar-refractivity contribution in [3.63, 3.8) is 0 Å². The zero-order valence-electron chi connectivity index (χ0n) is 7.54. The van der Waals surface area contributed by atoms with Crippen LogP contribution in [0.25, 0.3) is 0 Å². The van der Waals surface area contributed by atoms with Gasteiger partial charge in [0, 0.05) is 18.6 Å². The minimum Gasteiger partial charge on any atom is -0.384 e. The zero-order chi connectivity index (χ0) is 10.2. The van der Waals surface area contributed by atoms with Gasteiger partial charge in [-0.1, -0.05) is 6.07 Å². The van der Waals surface area contributed by atoms with E-state index >= 15 is 0 Å². The second kappa shape index (κ2) is 5.47. The van der Waals surface area contributed by atoms with E-state index in [1.807, 2.05) is 12.1 Å². The summed E-state index contributed by atoms with van der Waals surface area (Å²) >= 11 is 0. The third kappa shape index (κ3) is 4.01. The molecule has 0 spiro atoms. The summed E-state index contributed by atoms with van der Waals surface area (Å²) in [4.78, 5) is 11.1. The summed E-state index contributed by atoms with van der Waals surface area (Å²) in [6.07, 6.45) is 6.29. The topological polar surface area (TPSA) is 90.7 Å². The Kier molecular flexibility index (Phi) is 3.87. The summed E-state index contributed by atoms with van der Waals surface area (Å²) in [5.74, 6) is 1.03. The van der Waals surface area contributed by atoms with Crippen molar-refractivity contribution in [3.05, 3.63) is 43.0 Å². The maximum absolute atomic E-state index is 5.25. The molecular weight excluding hydrogens is 178 g/mol. The summed E-state index contributed by atoms with van der Waals surface area (Å²) in [6.45, 7) is 0. The SMILES string of the molecule is Nc1ccccn1.Nc1cnccn1. The summed E-state index contributed by atoms with van der Waals surface area (Å²) in [7, 11) is 0. The minimum absolute atomic E-state index is 0.461. The standard InChI is InChI=1S/C5H6N2.C4H5N3/c6-5-3-1-2-4-7-5;5-4-3-6-1-2-7-4/h1-4H,(H2,6,7);1-3H,(H2,5,7). The van der Waals surface area contributed by atoms with Gasteiger partial charge in [0.05, 0.1) is 6.20 Å². The highest BCUT2D eigenvalue weighted by atomic mass is 14.9. The van der Waals surface area contributed by atoms with Gasteiger partial charge in [0.2, 0.25) is 0 Å². The van der Waals surface area contributed by atoms with Gasteiger partial charge in [0.1, 0.15) is 11.6 Å². The van der Waals surface area contributed by atoms with E-state index in [1.165, 1.54) is 6.20 Å². The molecule has 0 fully saturated rings. The number of nitrogen functional groups attached to an aromatic ring is 2. The number of aromatic nitrogens is 3. The van der Waals surface area contributed by atoms with Crippen LogP contribution >= 0.6 is 0 Å². The van der Waals surface area contributed by atoms with E-state index in [1.54, 1.807) is 24.7 Å². The number of hydrogen-bond acceptors (Lipinski definition) is 5. The molecule has 0 atom stereocenters. The first-order chi connectivity index (χ1) is 6.79. The van der Waals surface area contributed by atoms with E-state index in [2.05, 4.69) is 15.0 Å². The van der Waals surface area contributed by atoms with Crippen LogP contribution in [0.5, 0.6) is 0 Å². The normalized spacial score (nSPS) is 8.57. The Balaban J connectivity index is 0.000000140. The maximum Gasteiger partial charge on any atom is 0.141 e. The molecule has 0 saturated heterocycles. The Hall–Kier alpha value is -2.17. The predicted octanol–water partition coefficient (Wildman–Crippen LogP) is 0.723. The van der Waals surface area contributed by atoms with Gasteiger partial charge < -0.3 is 11.5 Å². The molecule has 0 aliphatic heterocycles. The van der Waals surface area contributed by atoms with Crippen LogP contribution in [-0.4, -0.2) is 15.0 Å². The van der Waals surface area contributed by atoms with E-state index in [9.17, 15) is 0 Å². The van der Waals surface area contributed by atoms with E-state index in [0.29, 0.717) is 11.6 Å². The van der Waals surface area contributed by atoms with Crippen LogP contribution in [0, 0.1) is 0 Å². The molecule has 0 radical (unpaired) electrons. The fourth-order valence-electron chi connectivity index (χ4n) is 0.687. The molecule has 0 unspecified atom stereocenters. The van der Waals surface area contributed by atoms with Crippen molar-refractivity contribution in [2.45, 2.75) is 0 Å². The average Bonchev–Trinajstić information content (AvgIpc) is 2.21. The summed E-state index contributed by atoms with van der Waals surface area (Å²) in [5, 5.41) is 0. The molecule has 2 aromatic rings. The van der Waals surface area contributed by atoms with Crippen molar-refractivity contribution in [1.29, 1.82) is 0 Å². The number of nitrogens with two attached hydrogens (primary N) is 2. The first kappa shape index (κ1) is 9.91. The summed E-state index contributed by atoms with van der Waals surface area (Å²) in [5.41, 5.74) is 10.4. The second-order valence-corrected chi connectivity index (χ2v) is 2.38. The van der Waals surface area contributed by atoms with Gasteiger partial charge in [0.25, 0.3) is 0 Å². The quantitative estimate of drug-likeness (QED) is 0.637. The maximum atomic E-state index is 5.25. The Morgan fingerprint density at radius 3 is 1.93 bits per heavy atom. The fourth-order valence-corrected chi connectivity index (χ4v) is 0.687. The van der Waals surface area contributed by atoms with Crippen LogP contribution in [0.4, 0.5) is 11.6 Å². The van der Waals surface area contributed by atoms with Crippen molar-refractivity contribution in [2.24, 2.45) is 0 Å². The average molecular weight is 189 g/mol. The van der Waals surface area contributed by atoms with Gasteiger partial charge in [-0.3, -0.25) is 4.98 Å². The first-order valence-electron chi connectivity index (χ1n) is 3.97. The van der Waals surface area contributed by atoms with Crippen molar-refractivity contribution in [3.8, 4) is 0 Å². The number of pyridine rings is 1. The van der Waals surface area contributed by atoms with Crippen LogP contribution in [0.2, 0.25) is 0 Å². The molecule has 0 aromatic carbocycles. The fraction of sp³-hybridized carbons (Fsp3) is 0. The molecule has 14 heavy (non-hydrogen) atoms. The molecule has 5 heteroatoms. The zero-order valence-corrected chi connectivity index (χ0v) is 7.54. The number of hydrogen-bond donors (Lipinski definition) is 2. The molecule has 0 bridgehead atoms. The Bertz CT molecular complexity index is 311. The first-order valence-corrected chi connectivity index (χ1v) is 3.97. The van der Waals surface area contributed by atoms with Crippen molar-refractivity contribution in [1.82, 2.24) is 15.0 Å². The molecule has 0 aliphatic carbocycles. The molecule has 4 N–H and O–H groups in total. The van der Waals surface area contributed by atoms with Crippen molar-refractivity contribution < 1.29 is 0 Å². The molecule has 2 heterocycles. The molecule has 2 aromatic heterocycles. The van der Waals surface area contributed by atoms with Crippen molar-refractivity contribution in [2.75, 3.05) is 11.5 Å². The third-order valence-corrected chi connectivity index (χ3v) is 1.27. The molecular formula is C9H11N5. The molecule has 0 saturated carbocycles. The second-order valence-electron chi connectivity index (χ2n) is 2.38. The highest BCUT2D eigenvalue weighted by Gasteiger charge is 1.75. The van der Waals surface area contributed by atoms with Gasteiger partial charge in [0.15, 0.2) is 0 Å². The summed E-state index contributed by atoms with van der Waals surface area (Å²) in [6, 6.07) is 5.43. The highest BCUT2D eigenvalue weighted by molar-refractivity contribution is 5.25. The summed E-state index contributed by atoms with van der Waals surface area (Å²) < 4.78 is 0.